The summed E-state index contributed by atoms with van der Waals surface area (Å²) in [5.41, 5.74) is 4.69. The van der Waals surface area contributed by atoms with E-state index in [9.17, 15) is 0 Å². The van der Waals surface area contributed by atoms with Crippen LogP contribution in [0.1, 0.15) is 81.9 Å². The van der Waals surface area contributed by atoms with Gasteiger partial charge in [0.1, 0.15) is 0 Å². The first kappa shape index (κ1) is 16.7. The Morgan fingerprint density at radius 1 is 1.09 bits per heavy atom. The number of ether oxygens (including phenoxy) is 2. The van der Waals surface area contributed by atoms with Gasteiger partial charge in [0.2, 0.25) is 0 Å². The molecule has 1 saturated carbocycles. The molecule has 0 amide bonds. The predicted octanol–water partition coefficient (Wildman–Crippen LogP) is 5.68. The summed E-state index contributed by atoms with van der Waals surface area (Å²) in [6.45, 7) is 9.39. The molecule has 1 fully saturated rings. The van der Waals surface area contributed by atoms with Gasteiger partial charge in [-0.15, -0.1) is 0 Å². The zero-order valence-electron chi connectivity index (χ0n) is 15.7. The Kier molecular flexibility index (Phi) is 4.37. The summed E-state index contributed by atoms with van der Waals surface area (Å²) in [5, 5.41) is 0. The first-order valence-electron chi connectivity index (χ1n) is 9.18. The minimum atomic E-state index is 0.440. The van der Waals surface area contributed by atoms with Crippen LogP contribution >= 0.6 is 0 Å². The van der Waals surface area contributed by atoms with E-state index in [1.807, 2.05) is 0 Å². The maximum absolute atomic E-state index is 5.92. The predicted molar refractivity (Wildman–Crippen MR) is 95.8 cm³/mol. The molecule has 0 aromatic heterocycles. The van der Waals surface area contributed by atoms with Crippen LogP contribution in [0.3, 0.4) is 0 Å². The van der Waals surface area contributed by atoms with Crippen LogP contribution in [0.15, 0.2) is 6.07 Å². The molecular weight excluding hydrogens is 284 g/mol. The third kappa shape index (κ3) is 2.64. The molecule has 2 unspecified atom stereocenters. The molecule has 1 aromatic rings. The lowest BCUT2D eigenvalue weighted by molar-refractivity contribution is 0.0954. The number of hydrogen-bond donors (Lipinski definition) is 0. The van der Waals surface area contributed by atoms with E-state index in [4.69, 9.17) is 9.47 Å². The highest BCUT2D eigenvalue weighted by Gasteiger charge is 2.44. The lowest BCUT2D eigenvalue weighted by Gasteiger charge is -2.48. The molecule has 1 aromatic carbocycles. The summed E-state index contributed by atoms with van der Waals surface area (Å²) in [6.07, 6.45) is 6.47. The van der Waals surface area contributed by atoms with E-state index < -0.39 is 0 Å². The van der Waals surface area contributed by atoms with Gasteiger partial charge in [-0.05, 0) is 54.4 Å². The van der Waals surface area contributed by atoms with Crippen molar-refractivity contribution in [2.24, 2.45) is 11.3 Å². The van der Waals surface area contributed by atoms with Crippen molar-refractivity contribution < 1.29 is 9.47 Å². The molecule has 2 aliphatic rings. The summed E-state index contributed by atoms with van der Waals surface area (Å²) < 4.78 is 11.7. The first-order chi connectivity index (χ1) is 10.9. The molecule has 2 aliphatic carbocycles. The molecule has 0 aliphatic heterocycles. The van der Waals surface area contributed by atoms with Gasteiger partial charge in [0, 0.05) is 11.1 Å². The van der Waals surface area contributed by atoms with Crippen LogP contribution < -0.4 is 9.47 Å². The van der Waals surface area contributed by atoms with Gasteiger partial charge in [-0.1, -0.05) is 40.2 Å². The van der Waals surface area contributed by atoms with Crippen molar-refractivity contribution in [3.8, 4) is 11.5 Å². The Morgan fingerprint density at radius 3 is 2.39 bits per heavy atom. The standard InChI is InChI=1S/C21H32O2/c1-13(2)16-12-14-9-10-17-15(8-7-11-21(17,3)4)18(14)20(23-6)19(16)22-5/h12-13,15,17H,7-11H2,1-6H3. The fraction of sp³-hybridized carbons (Fsp3) is 0.714. The molecule has 0 saturated heterocycles. The molecule has 0 bridgehead atoms. The minimum absolute atomic E-state index is 0.440. The van der Waals surface area contributed by atoms with Crippen molar-refractivity contribution in [1.29, 1.82) is 0 Å². The van der Waals surface area contributed by atoms with Crippen molar-refractivity contribution in [3.63, 3.8) is 0 Å². The van der Waals surface area contributed by atoms with Gasteiger partial charge in [-0.25, -0.2) is 0 Å². The van der Waals surface area contributed by atoms with Crippen LogP contribution in [-0.2, 0) is 6.42 Å². The maximum atomic E-state index is 5.92. The molecule has 2 atom stereocenters. The second-order valence-corrected chi connectivity index (χ2v) is 8.39. The van der Waals surface area contributed by atoms with Crippen LogP contribution in [0, 0.1) is 11.3 Å². The molecule has 3 rings (SSSR count). The fourth-order valence-corrected chi connectivity index (χ4v) is 5.14. The topological polar surface area (TPSA) is 18.5 Å². The van der Waals surface area contributed by atoms with Crippen molar-refractivity contribution in [2.75, 3.05) is 14.2 Å². The number of fused-ring (bicyclic) bond motifs is 3. The molecule has 0 spiro atoms. The zero-order valence-corrected chi connectivity index (χ0v) is 15.7. The van der Waals surface area contributed by atoms with Crippen LogP contribution in [0.4, 0.5) is 0 Å². The molecule has 0 N–H and O–H groups in total. The molecule has 128 valence electrons. The smallest absolute Gasteiger partial charge is 0.164 e. The fourth-order valence-electron chi connectivity index (χ4n) is 5.14. The number of hydrogen-bond acceptors (Lipinski definition) is 2. The third-order valence-electron chi connectivity index (χ3n) is 6.34. The average molecular weight is 316 g/mol. The van der Waals surface area contributed by atoms with E-state index in [0.29, 0.717) is 17.3 Å². The van der Waals surface area contributed by atoms with E-state index in [0.717, 1.165) is 17.4 Å². The largest absolute Gasteiger partial charge is 0.493 e. The average Bonchev–Trinajstić information content (AvgIpc) is 2.52. The van der Waals surface area contributed by atoms with Crippen LogP contribution in [0.25, 0.3) is 0 Å². The SMILES string of the molecule is COc1c(C(C)C)cc2c(c1OC)C1CCCC(C)(C)C1CC2. The summed E-state index contributed by atoms with van der Waals surface area (Å²) >= 11 is 0. The Morgan fingerprint density at radius 2 is 1.78 bits per heavy atom. The number of benzene rings is 1. The molecule has 0 radical (unpaired) electrons. The lowest BCUT2D eigenvalue weighted by atomic mass is 9.57. The van der Waals surface area contributed by atoms with Crippen LogP contribution in [0.5, 0.6) is 11.5 Å². The van der Waals surface area contributed by atoms with Crippen LogP contribution in [0.2, 0.25) is 0 Å². The number of aryl methyl sites for hydroxylation is 1. The van der Waals surface area contributed by atoms with Gasteiger partial charge < -0.3 is 9.47 Å². The van der Waals surface area contributed by atoms with E-state index in [1.165, 1.54) is 48.8 Å². The Labute approximate surface area is 141 Å². The molecule has 2 nitrogen and oxygen atoms in total. The zero-order chi connectivity index (χ0) is 16.8. The van der Waals surface area contributed by atoms with E-state index in [2.05, 4.69) is 33.8 Å². The summed E-state index contributed by atoms with van der Waals surface area (Å²) in [7, 11) is 3.58. The van der Waals surface area contributed by atoms with Gasteiger partial charge in [0.05, 0.1) is 14.2 Å². The third-order valence-corrected chi connectivity index (χ3v) is 6.34. The van der Waals surface area contributed by atoms with Gasteiger partial charge in [0.25, 0.3) is 0 Å². The minimum Gasteiger partial charge on any atom is -0.493 e. The van der Waals surface area contributed by atoms with Gasteiger partial charge in [-0.3, -0.25) is 0 Å². The summed E-state index contributed by atoms with van der Waals surface area (Å²) in [4.78, 5) is 0. The van der Waals surface area contributed by atoms with Crippen molar-refractivity contribution in [3.05, 3.63) is 22.8 Å². The lowest BCUT2D eigenvalue weighted by Crippen LogP contribution is -2.37. The first-order valence-corrected chi connectivity index (χ1v) is 9.18. The quantitative estimate of drug-likeness (QED) is 0.714. The normalized spacial score (nSPS) is 25.7. The summed E-state index contributed by atoms with van der Waals surface area (Å²) in [5.74, 6) is 3.83. The molecular formula is C21H32O2. The second kappa shape index (κ2) is 6.03. The van der Waals surface area contributed by atoms with Crippen molar-refractivity contribution >= 4 is 0 Å². The van der Waals surface area contributed by atoms with Crippen molar-refractivity contribution in [1.82, 2.24) is 0 Å². The highest BCUT2D eigenvalue weighted by Crippen LogP contribution is 2.57. The van der Waals surface area contributed by atoms with Crippen LogP contribution in [-0.4, -0.2) is 14.2 Å². The van der Waals surface area contributed by atoms with Gasteiger partial charge in [0.15, 0.2) is 11.5 Å². The number of methoxy groups -OCH3 is 2. The monoisotopic (exact) mass is 316 g/mol. The maximum Gasteiger partial charge on any atom is 0.164 e. The molecule has 0 heterocycles. The molecule has 2 heteroatoms. The van der Waals surface area contributed by atoms with Gasteiger partial charge >= 0.3 is 0 Å². The van der Waals surface area contributed by atoms with Crippen molar-refractivity contribution in [2.45, 2.75) is 71.6 Å². The Hall–Kier alpha value is -1.18. The Balaban J connectivity index is 2.18. The molecule has 23 heavy (non-hydrogen) atoms. The highest BCUT2D eigenvalue weighted by atomic mass is 16.5. The summed E-state index contributed by atoms with van der Waals surface area (Å²) in [6, 6.07) is 2.40. The van der Waals surface area contributed by atoms with E-state index in [1.54, 1.807) is 14.2 Å². The van der Waals surface area contributed by atoms with E-state index in [-0.39, 0.29) is 0 Å². The van der Waals surface area contributed by atoms with E-state index >= 15 is 0 Å². The second-order valence-electron chi connectivity index (χ2n) is 8.39. The Bertz CT molecular complexity index is 586. The number of rotatable bonds is 3. The van der Waals surface area contributed by atoms with Gasteiger partial charge in [-0.2, -0.15) is 0 Å². The highest BCUT2D eigenvalue weighted by molar-refractivity contribution is 5.59.